The van der Waals surface area contributed by atoms with Crippen molar-refractivity contribution in [1.29, 1.82) is 0 Å². The molecular weight excluding hydrogens is 390 g/mol. The van der Waals surface area contributed by atoms with Crippen molar-refractivity contribution < 1.29 is 14.8 Å². The quantitative estimate of drug-likeness (QED) is 0.293. The number of non-ortho nitro benzene ring substituents is 1. The number of nitrogens with zero attached hydrogens (tertiary/aromatic N) is 7. The Labute approximate surface area is 168 Å². The lowest BCUT2D eigenvalue weighted by molar-refractivity contribution is -0.384. The average Bonchev–Trinajstić information content (AvgIpc) is 3.19. The van der Waals surface area contributed by atoms with Gasteiger partial charge in [-0.05, 0) is 23.8 Å². The van der Waals surface area contributed by atoms with E-state index >= 15 is 0 Å². The first-order valence-corrected chi connectivity index (χ1v) is 8.66. The second kappa shape index (κ2) is 7.83. The van der Waals surface area contributed by atoms with Crippen LogP contribution in [0.2, 0.25) is 0 Å². The fraction of sp³-hybridized carbons (Fsp3) is 0.0526. The molecule has 0 spiro atoms. The summed E-state index contributed by atoms with van der Waals surface area (Å²) < 4.78 is 1.47. The van der Waals surface area contributed by atoms with Gasteiger partial charge in [0.1, 0.15) is 6.33 Å². The predicted octanol–water partition coefficient (Wildman–Crippen LogP) is 3.71. The lowest BCUT2D eigenvalue weighted by atomic mass is 10.1. The highest BCUT2D eigenvalue weighted by Gasteiger charge is 2.13. The van der Waals surface area contributed by atoms with Gasteiger partial charge in [-0.1, -0.05) is 18.2 Å². The maximum absolute atomic E-state index is 11.0. The number of rotatable bonds is 6. The summed E-state index contributed by atoms with van der Waals surface area (Å²) in [4.78, 5) is 29.8. The lowest BCUT2D eigenvalue weighted by Gasteiger charge is -2.02. The van der Waals surface area contributed by atoms with Crippen LogP contribution in [0.15, 0.2) is 71.3 Å². The number of hydrogen-bond donors (Lipinski definition) is 1. The van der Waals surface area contributed by atoms with Crippen LogP contribution >= 0.6 is 0 Å². The number of carboxylic acids is 1. The van der Waals surface area contributed by atoms with Crippen LogP contribution in [-0.4, -0.2) is 35.7 Å². The molecule has 0 saturated heterocycles. The number of benzene rings is 2. The van der Waals surface area contributed by atoms with Gasteiger partial charge in [0.05, 0.1) is 34.3 Å². The fourth-order valence-corrected chi connectivity index (χ4v) is 2.78. The number of aromatic carboxylic acids is 1. The zero-order valence-corrected chi connectivity index (χ0v) is 15.3. The lowest BCUT2D eigenvalue weighted by Crippen LogP contribution is -1.99. The number of azo groups is 1. The van der Waals surface area contributed by atoms with Gasteiger partial charge in [0.2, 0.25) is 0 Å². The van der Waals surface area contributed by atoms with Crippen molar-refractivity contribution >= 4 is 28.5 Å². The number of aromatic nitrogens is 4. The van der Waals surface area contributed by atoms with Crippen LogP contribution in [0.4, 0.5) is 11.5 Å². The zero-order valence-electron chi connectivity index (χ0n) is 15.3. The van der Waals surface area contributed by atoms with Gasteiger partial charge in [-0.25, -0.2) is 19.4 Å². The normalized spacial score (nSPS) is 11.2. The minimum Gasteiger partial charge on any atom is -0.478 e. The molecule has 0 fully saturated rings. The number of carboxylic acid groups (broad SMARTS) is 1. The summed E-state index contributed by atoms with van der Waals surface area (Å²) in [5.74, 6) is -0.689. The third-order valence-electron chi connectivity index (χ3n) is 4.25. The third-order valence-corrected chi connectivity index (χ3v) is 4.25. The Morgan fingerprint density at radius 3 is 2.70 bits per heavy atom. The van der Waals surface area contributed by atoms with Gasteiger partial charge >= 0.3 is 5.97 Å². The molecule has 0 amide bonds. The van der Waals surface area contributed by atoms with E-state index in [1.54, 1.807) is 24.3 Å². The van der Waals surface area contributed by atoms with E-state index in [1.165, 1.54) is 41.5 Å². The van der Waals surface area contributed by atoms with Gasteiger partial charge in [0.15, 0.2) is 11.5 Å². The summed E-state index contributed by atoms with van der Waals surface area (Å²) >= 11 is 0. The van der Waals surface area contributed by atoms with E-state index in [-0.39, 0.29) is 17.8 Å². The number of carbonyl (C=O) groups is 1. The van der Waals surface area contributed by atoms with Crippen LogP contribution in [0, 0.1) is 10.1 Å². The Morgan fingerprint density at radius 2 is 1.97 bits per heavy atom. The van der Waals surface area contributed by atoms with Gasteiger partial charge in [0.25, 0.3) is 5.69 Å². The molecule has 11 heteroatoms. The van der Waals surface area contributed by atoms with E-state index in [1.807, 2.05) is 0 Å². The van der Waals surface area contributed by atoms with Crippen LogP contribution in [0.3, 0.4) is 0 Å². The van der Waals surface area contributed by atoms with Gasteiger partial charge < -0.3 is 5.11 Å². The molecule has 0 radical (unpaired) electrons. The summed E-state index contributed by atoms with van der Waals surface area (Å²) in [6.45, 7) is 0.240. The average molecular weight is 403 g/mol. The van der Waals surface area contributed by atoms with Gasteiger partial charge in [-0.2, -0.15) is 10.2 Å². The van der Waals surface area contributed by atoms with Crippen molar-refractivity contribution in [2.45, 2.75) is 6.54 Å². The number of nitro benzene ring substituents is 1. The van der Waals surface area contributed by atoms with Crippen molar-refractivity contribution in [3.05, 3.63) is 82.3 Å². The monoisotopic (exact) mass is 403 g/mol. The standard InChI is InChI=1S/C19H13N7O4/c27-19(28)13-6-4-12(5-7-13)9-22-24-17-16-10-23-25(18(16)21-11-20-17)14-2-1-3-15(8-14)26(29)30/h1-8,10-11H,9H2,(H,27,28). The largest absolute Gasteiger partial charge is 0.478 e. The van der Waals surface area contributed by atoms with E-state index in [0.717, 1.165) is 5.56 Å². The molecule has 0 bridgehead atoms. The molecule has 2 aromatic heterocycles. The summed E-state index contributed by atoms with van der Waals surface area (Å²) in [7, 11) is 0. The molecule has 30 heavy (non-hydrogen) atoms. The van der Waals surface area contributed by atoms with Gasteiger partial charge in [0, 0.05) is 12.1 Å². The highest BCUT2D eigenvalue weighted by atomic mass is 16.6. The summed E-state index contributed by atoms with van der Waals surface area (Å²) in [5, 5.41) is 33.0. The van der Waals surface area contributed by atoms with Crippen molar-refractivity contribution in [3.63, 3.8) is 0 Å². The van der Waals surface area contributed by atoms with Gasteiger partial charge in [-0.3, -0.25) is 10.1 Å². The van der Waals surface area contributed by atoms with Crippen molar-refractivity contribution in [2.75, 3.05) is 0 Å². The second-order valence-electron chi connectivity index (χ2n) is 6.17. The zero-order chi connectivity index (χ0) is 21.1. The minimum atomic E-state index is -0.993. The summed E-state index contributed by atoms with van der Waals surface area (Å²) in [5.41, 5.74) is 1.85. The van der Waals surface area contributed by atoms with Crippen LogP contribution in [0.1, 0.15) is 15.9 Å². The molecule has 148 valence electrons. The molecule has 0 atom stereocenters. The van der Waals surface area contributed by atoms with Crippen LogP contribution in [0.5, 0.6) is 0 Å². The Bertz CT molecular complexity index is 1280. The highest BCUT2D eigenvalue weighted by molar-refractivity contribution is 5.87. The van der Waals surface area contributed by atoms with Crippen LogP contribution in [0.25, 0.3) is 16.7 Å². The smallest absolute Gasteiger partial charge is 0.335 e. The molecular formula is C19H13N7O4. The molecule has 0 unspecified atom stereocenters. The first kappa shape index (κ1) is 18.8. The number of hydrogen-bond acceptors (Lipinski definition) is 8. The first-order chi connectivity index (χ1) is 14.5. The summed E-state index contributed by atoms with van der Waals surface area (Å²) in [6.07, 6.45) is 2.83. The molecule has 0 aliphatic rings. The van der Waals surface area contributed by atoms with Crippen LogP contribution in [-0.2, 0) is 6.54 Å². The molecule has 0 saturated carbocycles. The van der Waals surface area contributed by atoms with Crippen molar-refractivity contribution in [1.82, 2.24) is 19.7 Å². The van der Waals surface area contributed by atoms with Crippen molar-refractivity contribution in [2.24, 2.45) is 10.2 Å². The predicted molar refractivity (Wildman–Crippen MR) is 105 cm³/mol. The Balaban J connectivity index is 1.60. The topological polar surface area (TPSA) is 149 Å². The maximum atomic E-state index is 11.0. The van der Waals surface area contributed by atoms with Crippen molar-refractivity contribution in [3.8, 4) is 5.69 Å². The molecule has 4 rings (SSSR count). The Hall–Kier alpha value is -4.54. The molecule has 2 aromatic carbocycles. The van der Waals surface area contributed by atoms with E-state index < -0.39 is 10.9 Å². The highest BCUT2D eigenvalue weighted by Crippen LogP contribution is 2.25. The SMILES string of the molecule is O=C(O)c1ccc(CN=Nc2ncnc3c2cnn3-c2cccc([N+](=O)[O-])c2)cc1. The Kier molecular flexibility index (Phi) is 4.91. The number of nitro groups is 1. The molecule has 2 heterocycles. The maximum Gasteiger partial charge on any atom is 0.335 e. The van der Waals surface area contributed by atoms with Gasteiger partial charge in [-0.15, -0.1) is 5.11 Å². The second-order valence-corrected chi connectivity index (χ2v) is 6.17. The first-order valence-electron chi connectivity index (χ1n) is 8.66. The molecule has 4 aromatic rings. The van der Waals surface area contributed by atoms with E-state index in [9.17, 15) is 14.9 Å². The van der Waals surface area contributed by atoms with Crippen LogP contribution < -0.4 is 0 Å². The minimum absolute atomic E-state index is 0.0565. The molecule has 11 nitrogen and oxygen atoms in total. The molecule has 0 aliphatic carbocycles. The molecule has 1 N–H and O–H groups in total. The van der Waals surface area contributed by atoms with E-state index in [4.69, 9.17) is 5.11 Å². The molecule has 0 aliphatic heterocycles. The van der Waals surface area contributed by atoms with E-state index in [0.29, 0.717) is 22.5 Å². The number of fused-ring (bicyclic) bond motifs is 1. The third kappa shape index (κ3) is 3.71. The summed E-state index contributed by atoms with van der Waals surface area (Å²) in [6, 6.07) is 12.4. The Morgan fingerprint density at radius 1 is 1.17 bits per heavy atom. The fourth-order valence-electron chi connectivity index (χ4n) is 2.78. The van der Waals surface area contributed by atoms with E-state index in [2.05, 4.69) is 25.3 Å².